The van der Waals surface area contributed by atoms with Gasteiger partial charge < -0.3 is 5.32 Å². The Hall–Kier alpha value is -0.0400. The van der Waals surface area contributed by atoms with Crippen LogP contribution in [0, 0.1) is 17.3 Å². The molecule has 1 rings (SSSR count). The second-order valence-electron chi connectivity index (χ2n) is 6.19. The number of rotatable bonds is 5. The summed E-state index contributed by atoms with van der Waals surface area (Å²) in [5.41, 5.74) is 0.484. The molecule has 0 aromatic carbocycles. The van der Waals surface area contributed by atoms with E-state index >= 15 is 0 Å². The summed E-state index contributed by atoms with van der Waals surface area (Å²) in [6, 6.07) is 0.738. The first-order valence-electron chi connectivity index (χ1n) is 6.11. The molecule has 14 heavy (non-hydrogen) atoms. The van der Waals surface area contributed by atoms with Crippen molar-refractivity contribution in [1.29, 1.82) is 0 Å². The van der Waals surface area contributed by atoms with E-state index in [2.05, 4.69) is 40.1 Å². The fourth-order valence-electron chi connectivity index (χ4n) is 2.21. The maximum absolute atomic E-state index is 3.50. The second-order valence-corrected chi connectivity index (χ2v) is 6.19. The van der Waals surface area contributed by atoms with E-state index in [4.69, 9.17) is 0 Å². The summed E-state index contributed by atoms with van der Waals surface area (Å²) in [5, 5.41) is 3.50. The molecule has 0 spiro atoms. The molecule has 0 radical (unpaired) electrons. The highest BCUT2D eigenvalue weighted by atomic mass is 14.9. The van der Waals surface area contributed by atoms with Crippen LogP contribution in [0.2, 0.25) is 0 Å². The van der Waals surface area contributed by atoms with Gasteiger partial charge in [-0.1, -0.05) is 27.7 Å². The summed E-state index contributed by atoms with van der Waals surface area (Å²) in [7, 11) is 2.12. The lowest BCUT2D eigenvalue weighted by Gasteiger charge is -2.27. The van der Waals surface area contributed by atoms with Gasteiger partial charge in [0.2, 0.25) is 0 Å². The van der Waals surface area contributed by atoms with Gasteiger partial charge in [0.25, 0.3) is 0 Å². The van der Waals surface area contributed by atoms with E-state index in [1.165, 1.54) is 25.7 Å². The van der Waals surface area contributed by atoms with Gasteiger partial charge in [-0.05, 0) is 50.0 Å². The summed E-state index contributed by atoms with van der Waals surface area (Å²) in [6.07, 6.45) is 5.59. The first-order chi connectivity index (χ1) is 6.44. The van der Waals surface area contributed by atoms with Gasteiger partial charge >= 0.3 is 0 Å². The third-order valence-electron chi connectivity index (χ3n) is 3.58. The Bertz CT molecular complexity index is 165. The highest BCUT2D eigenvalue weighted by Crippen LogP contribution is 2.39. The predicted octanol–water partition coefficient (Wildman–Crippen LogP) is 3.45. The van der Waals surface area contributed by atoms with E-state index < -0.39 is 0 Å². The molecule has 84 valence electrons. The fraction of sp³-hybridized carbons (Fsp3) is 1.00. The van der Waals surface area contributed by atoms with Crippen molar-refractivity contribution in [2.24, 2.45) is 17.3 Å². The van der Waals surface area contributed by atoms with E-state index in [1.54, 1.807) is 0 Å². The maximum Gasteiger partial charge on any atom is 0.00925 e. The molecule has 1 aliphatic carbocycles. The zero-order valence-corrected chi connectivity index (χ0v) is 10.6. The van der Waals surface area contributed by atoms with Crippen LogP contribution in [0.5, 0.6) is 0 Å². The van der Waals surface area contributed by atoms with Crippen LogP contribution in [-0.2, 0) is 0 Å². The van der Waals surface area contributed by atoms with E-state index in [9.17, 15) is 0 Å². The van der Waals surface area contributed by atoms with E-state index in [0.717, 1.165) is 17.9 Å². The topological polar surface area (TPSA) is 12.0 Å². The van der Waals surface area contributed by atoms with Gasteiger partial charge in [0.15, 0.2) is 0 Å². The molecule has 1 saturated carbocycles. The summed E-state index contributed by atoms with van der Waals surface area (Å²) in [4.78, 5) is 0. The molecule has 0 heterocycles. The maximum atomic E-state index is 3.50. The minimum atomic E-state index is 0.484. The Morgan fingerprint density at radius 3 is 2.21 bits per heavy atom. The lowest BCUT2D eigenvalue weighted by Crippen LogP contribution is -2.34. The fourth-order valence-corrected chi connectivity index (χ4v) is 2.21. The average molecular weight is 197 g/mol. The standard InChI is InChI=1S/C13H27N/c1-10(11-6-7-11)12(14-5)8-9-13(2,3)4/h10-12,14H,6-9H2,1-5H3. The molecule has 1 fully saturated rings. The highest BCUT2D eigenvalue weighted by Gasteiger charge is 2.32. The molecule has 2 unspecified atom stereocenters. The van der Waals surface area contributed by atoms with Gasteiger partial charge in [0.1, 0.15) is 0 Å². The quantitative estimate of drug-likeness (QED) is 0.712. The Labute approximate surface area is 89.7 Å². The minimum Gasteiger partial charge on any atom is -0.317 e. The second kappa shape index (κ2) is 4.65. The zero-order chi connectivity index (χ0) is 10.8. The van der Waals surface area contributed by atoms with Crippen molar-refractivity contribution in [3.05, 3.63) is 0 Å². The Morgan fingerprint density at radius 1 is 1.29 bits per heavy atom. The summed E-state index contributed by atoms with van der Waals surface area (Å²) in [6.45, 7) is 9.42. The SMILES string of the molecule is CNC(CCC(C)(C)C)C(C)C1CC1. The van der Waals surface area contributed by atoms with Crippen LogP contribution in [0.4, 0.5) is 0 Å². The van der Waals surface area contributed by atoms with Crippen molar-refractivity contribution in [2.75, 3.05) is 7.05 Å². The van der Waals surface area contributed by atoms with E-state index in [0.29, 0.717) is 5.41 Å². The average Bonchev–Trinajstić information content (AvgIpc) is 2.85. The van der Waals surface area contributed by atoms with Crippen LogP contribution in [0.15, 0.2) is 0 Å². The zero-order valence-electron chi connectivity index (χ0n) is 10.6. The van der Waals surface area contributed by atoms with Crippen molar-refractivity contribution >= 4 is 0 Å². The first kappa shape index (κ1) is 12.0. The molecule has 1 heteroatoms. The van der Waals surface area contributed by atoms with Crippen LogP contribution >= 0.6 is 0 Å². The molecule has 0 amide bonds. The Balaban J connectivity index is 2.30. The molecule has 1 nitrogen and oxygen atoms in total. The van der Waals surface area contributed by atoms with Crippen molar-refractivity contribution in [3.8, 4) is 0 Å². The molecular formula is C13H27N. The van der Waals surface area contributed by atoms with Crippen LogP contribution in [0.1, 0.15) is 53.4 Å². The summed E-state index contributed by atoms with van der Waals surface area (Å²) in [5.74, 6) is 1.90. The monoisotopic (exact) mass is 197 g/mol. The molecule has 0 bridgehead atoms. The van der Waals surface area contributed by atoms with E-state index in [1.807, 2.05) is 0 Å². The smallest absolute Gasteiger partial charge is 0.00925 e. The lowest BCUT2D eigenvalue weighted by atomic mass is 9.84. The first-order valence-corrected chi connectivity index (χ1v) is 6.11. The number of hydrogen-bond acceptors (Lipinski definition) is 1. The Morgan fingerprint density at radius 2 is 1.86 bits per heavy atom. The van der Waals surface area contributed by atoms with Crippen molar-refractivity contribution in [1.82, 2.24) is 5.32 Å². The number of nitrogens with one attached hydrogen (secondary N) is 1. The van der Waals surface area contributed by atoms with Crippen molar-refractivity contribution in [2.45, 2.75) is 59.4 Å². The van der Waals surface area contributed by atoms with Gasteiger partial charge in [-0.15, -0.1) is 0 Å². The lowest BCUT2D eigenvalue weighted by molar-refractivity contribution is 0.280. The number of hydrogen-bond donors (Lipinski definition) is 1. The Kier molecular flexibility index (Phi) is 4.00. The summed E-state index contributed by atoms with van der Waals surface area (Å²) < 4.78 is 0. The molecule has 0 aromatic rings. The van der Waals surface area contributed by atoms with E-state index in [-0.39, 0.29) is 0 Å². The van der Waals surface area contributed by atoms with Crippen LogP contribution < -0.4 is 5.32 Å². The van der Waals surface area contributed by atoms with Gasteiger partial charge in [-0.3, -0.25) is 0 Å². The third kappa shape index (κ3) is 4.00. The molecule has 0 aliphatic heterocycles. The van der Waals surface area contributed by atoms with Gasteiger partial charge in [0.05, 0.1) is 0 Å². The predicted molar refractivity (Wildman–Crippen MR) is 63.4 cm³/mol. The van der Waals surface area contributed by atoms with Crippen molar-refractivity contribution in [3.63, 3.8) is 0 Å². The third-order valence-corrected chi connectivity index (χ3v) is 3.58. The molecular weight excluding hydrogens is 170 g/mol. The van der Waals surface area contributed by atoms with Gasteiger partial charge in [-0.25, -0.2) is 0 Å². The molecule has 0 aromatic heterocycles. The van der Waals surface area contributed by atoms with Gasteiger partial charge in [-0.2, -0.15) is 0 Å². The van der Waals surface area contributed by atoms with Gasteiger partial charge in [0, 0.05) is 6.04 Å². The van der Waals surface area contributed by atoms with Crippen molar-refractivity contribution < 1.29 is 0 Å². The molecule has 1 N–H and O–H groups in total. The highest BCUT2D eigenvalue weighted by molar-refractivity contribution is 4.86. The van der Waals surface area contributed by atoms with Crippen LogP contribution in [-0.4, -0.2) is 13.1 Å². The summed E-state index contributed by atoms with van der Waals surface area (Å²) >= 11 is 0. The van der Waals surface area contributed by atoms with Crippen LogP contribution in [0.25, 0.3) is 0 Å². The van der Waals surface area contributed by atoms with Crippen LogP contribution in [0.3, 0.4) is 0 Å². The minimum absolute atomic E-state index is 0.484. The normalized spacial score (nSPS) is 22.1. The molecule has 0 saturated heterocycles. The largest absolute Gasteiger partial charge is 0.317 e. The molecule has 1 aliphatic rings. The molecule has 2 atom stereocenters.